The lowest BCUT2D eigenvalue weighted by Crippen LogP contribution is -3.06. The molecule has 2 aromatic carbocycles. The average Bonchev–Trinajstić information content (AvgIpc) is 2.93. The maximum Gasteiger partial charge on any atom is 0.291 e. The number of amides is 1. The van der Waals surface area contributed by atoms with E-state index in [1.807, 2.05) is 14.1 Å². The van der Waals surface area contributed by atoms with Gasteiger partial charge >= 0.3 is 0 Å². The number of hydrogen-bond donors (Lipinski definition) is 1. The Kier molecular flexibility index (Phi) is 4.28. The van der Waals surface area contributed by atoms with Crippen LogP contribution < -0.4 is 10.3 Å². The van der Waals surface area contributed by atoms with E-state index in [2.05, 4.69) is 0 Å². The number of likely N-dealkylation sites (N-methyl/N-ethyl adjacent to an activating group) is 1. The Balaban J connectivity index is 1.93. The molecule has 27 heavy (non-hydrogen) atoms. The Morgan fingerprint density at radius 2 is 1.78 bits per heavy atom. The SMILES string of the molecule is C[NH+](C)CCN1C(=O)c2oc3ccccc3c(=O)c2[C@H]1c1ccc(F)cc1. The molecule has 5 nitrogen and oxygen atoms in total. The maximum atomic E-state index is 13.4. The molecule has 0 bridgehead atoms. The van der Waals surface area contributed by atoms with Crippen molar-refractivity contribution in [3.8, 4) is 0 Å². The van der Waals surface area contributed by atoms with Gasteiger partial charge in [0.15, 0.2) is 5.43 Å². The van der Waals surface area contributed by atoms with E-state index in [0.717, 1.165) is 0 Å². The highest BCUT2D eigenvalue weighted by atomic mass is 19.1. The van der Waals surface area contributed by atoms with Crippen molar-refractivity contribution in [2.24, 2.45) is 0 Å². The van der Waals surface area contributed by atoms with Gasteiger partial charge in [-0.25, -0.2) is 4.39 Å². The lowest BCUT2D eigenvalue weighted by atomic mass is 9.98. The number of para-hydroxylation sites is 1. The van der Waals surface area contributed by atoms with Crippen LogP contribution in [0.3, 0.4) is 0 Å². The van der Waals surface area contributed by atoms with Gasteiger partial charge in [-0.3, -0.25) is 9.59 Å². The molecule has 0 saturated heterocycles. The molecule has 3 aromatic rings. The van der Waals surface area contributed by atoms with Crippen molar-refractivity contribution in [3.63, 3.8) is 0 Å². The minimum absolute atomic E-state index is 0.0850. The van der Waals surface area contributed by atoms with Gasteiger partial charge in [-0.2, -0.15) is 0 Å². The van der Waals surface area contributed by atoms with Gasteiger partial charge < -0.3 is 14.2 Å². The van der Waals surface area contributed by atoms with Gasteiger partial charge in [0.05, 0.1) is 44.2 Å². The standard InChI is InChI=1S/C21H19FN2O3/c1-23(2)11-12-24-18(13-7-9-14(22)10-8-13)17-19(25)15-5-3-4-6-16(15)27-20(17)21(24)26/h3-10,18H,11-12H2,1-2H3/p+1/t18-/m1/s1. The van der Waals surface area contributed by atoms with Crippen LogP contribution in [0.5, 0.6) is 0 Å². The van der Waals surface area contributed by atoms with Gasteiger partial charge in [0.2, 0.25) is 5.76 Å². The molecule has 0 aliphatic carbocycles. The van der Waals surface area contributed by atoms with Crippen molar-refractivity contribution < 1.29 is 18.5 Å². The van der Waals surface area contributed by atoms with Crippen molar-refractivity contribution in [1.29, 1.82) is 0 Å². The maximum absolute atomic E-state index is 13.4. The van der Waals surface area contributed by atoms with E-state index in [1.165, 1.54) is 17.0 Å². The molecule has 1 aromatic heterocycles. The van der Waals surface area contributed by atoms with Gasteiger partial charge in [-0.1, -0.05) is 24.3 Å². The third kappa shape index (κ3) is 2.92. The normalized spacial score (nSPS) is 16.4. The predicted molar refractivity (Wildman–Crippen MR) is 99.4 cm³/mol. The van der Waals surface area contributed by atoms with Crippen LogP contribution in [0.25, 0.3) is 11.0 Å². The Hall–Kier alpha value is -2.99. The molecule has 1 amide bonds. The molecule has 0 unspecified atom stereocenters. The first kappa shape index (κ1) is 17.4. The molecule has 0 radical (unpaired) electrons. The van der Waals surface area contributed by atoms with Crippen molar-refractivity contribution in [2.45, 2.75) is 6.04 Å². The first-order valence-corrected chi connectivity index (χ1v) is 8.88. The fraction of sp³-hybridized carbons (Fsp3) is 0.238. The second-order valence-electron chi connectivity index (χ2n) is 7.08. The predicted octanol–water partition coefficient (Wildman–Crippen LogP) is 1.62. The van der Waals surface area contributed by atoms with Crippen LogP contribution >= 0.6 is 0 Å². The summed E-state index contributed by atoms with van der Waals surface area (Å²) in [7, 11) is 4.00. The Bertz CT molecular complexity index is 1070. The fourth-order valence-electron chi connectivity index (χ4n) is 3.53. The summed E-state index contributed by atoms with van der Waals surface area (Å²) in [5, 5.41) is 0.441. The van der Waals surface area contributed by atoms with Crippen LogP contribution in [0.15, 0.2) is 57.7 Å². The van der Waals surface area contributed by atoms with Crippen LogP contribution in [0, 0.1) is 5.82 Å². The smallest absolute Gasteiger partial charge is 0.291 e. The minimum Gasteiger partial charge on any atom is -0.450 e. The quantitative estimate of drug-likeness (QED) is 0.763. The minimum atomic E-state index is -0.576. The number of quaternary nitrogens is 1. The van der Waals surface area contributed by atoms with Crippen LogP contribution in [0.4, 0.5) is 4.39 Å². The second kappa shape index (κ2) is 6.63. The number of nitrogens with zero attached hydrogens (tertiary/aromatic N) is 1. The van der Waals surface area contributed by atoms with Crippen molar-refractivity contribution >= 4 is 16.9 Å². The van der Waals surface area contributed by atoms with Crippen LogP contribution in [-0.4, -0.2) is 38.0 Å². The fourth-order valence-corrected chi connectivity index (χ4v) is 3.53. The molecular formula is C21H20FN2O3+. The number of hydrogen-bond acceptors (Lipinski definition) is 3. The summed E-state index contributed by atoms with van der Waals surface area (Å²) < 4.78 is 19.3. The van der Waals surface area contributed by atoms with Crippen LogP contribution in [-0.2, 0) is 0 Å². The first-order valence-electron chi connectivity index (χ1n) is 8.88. The number of carbonyl (C=O) groups excluding carboxylic acids is 1. The molecule has 0 fully saturated rings. The van der Waals surface area contributed by atoms with Gasteiger partial charge in [0.1, 0.15) is 11.4 Å². The summed E-state index contributed by atoms with van der Waals surface area (Å²) in [5.74, 6) is -0.580. The van der Waals surface area contributed by atoms with Gasteiger partial charge in [-0.05, 0) is 29.8 Å². The highest BCUT2D eigenvalue weighted by Crippen LogP contribution is 2.37. The highest BCUT2D eigenvalue weighted by molar-refractivity contribution is 5.99. The second-order valence-corrected chi connectivity index (χ2v) is 7.08. The summed E-state index contributed by atoms with van der Waals surface area (Å²) in [4.78, 5) is 29.1. The number of nitrogens with one attached hydrogen (secondary N) is 1. The molecule has 0 spiro atoms. The number of carbonyl (C=O) groups is 1. The summed E-state index contributed by atoms with van der Waals surface area (Å²) in [6.07, 6.45) is 0. The average molecular weight is 367 g/mol. The number of benzene rings is 2. The number of fused-ring (bicyclic) bond motifs is 2. The molecule has 1 aliphatic heterocycles. The van der Waals surface area contributed by atoms with Crippen molar-refractivity contribution in [1.82, 2.24) is 4.90 Å². The Morgan fingerprint density at radius 1 is 1.07 bits per heavy atom. The zero-order chi connectivity index (χ0) is 19.1. The molecular weight excluding hydrogens is 347 g/mol. The van der Waals surface area contributed by atoms with Crippen molar-refractivity contribution in [3.05, 3.63) is 81.5 Å². The molecule has 6 heteroatoms. The van der Waals surface area contributed by atoms with Crippen LogP contribution in [0.2, 0.25) is 0 Å². The molecule has 1 aliphatic rings. The molecule has 138 valence electrons. The summed E-state index contributed by atoms with van der Waals surface area (Å²) >= 11 is 0. The van der Waals surface area contributed by atoms with Crippen LogP contribution in [0.1, 0.15) is 27.7 Å². The third-order valence-electron chi connectivity index (χ3n) is 4.91. The Labute approximate surface area is 155 Å². The zero-order valence-corrected chi connectivity index (χ0v) is 15.2. The van der Waals surface area contributed by atoms with Gasteiger partial charge in [0, 0.05) is 0 Å². The first-order chi connectivity index (χ1) is 13.0. The van der Waals surface area contributed by atoms with E-state index in [-0.39, 0.29) is 22.9 Å². The van der Waals surface area contributed by atoms with Crippen molar-refractivity contribution in [2.75, 3.05) is 27.2 Å². The topological polar surface area (TPSA) is 55.0 Å². The lowest BCUT2D eigenvalue weighted by Gasteiger charge is -2.25. The molecule has 4 rings (SSSR count). The highest BCUT2D eigenvalue weighted by Gasteiger charge is 2.42. The van der Waals surface area contributed by atoms with E-state index in [1.54, 1.807) is 41.3 Å². The van der Waals surface area contributed by atoms with E-state index in [4.69, 9.17) is 4.42 Å². The number of halogens is 1. The van der Waals surface area contributed by atoms with Gasteiger partial charge in [-0.15, -0.1) is 0 Å². The number of rotatable bonds is 4. The summed E-state index contributed by atoms with van der Waals surface area (Å²) in [5.41, 5.74) is 1.21. The third-order valence-corrected chi connectivity index (χ3v) is 4.91. The van der Waals surface area contributed by atoms with E-state index in [9.17, 15) is 14.0 Å². The largest absolute Gasteiger partial charge is 0.450 e. The summed E-state index contributed by atoms with van der Waals surface area (Å²) in [6, 6.07) is 12.3. The van der Waals surface area contributed by atoms with E-state index < -0.39 is 6.04 Å². The molecule has 0 saturated carbocycles. The zero-order valence-electron chi connectivity index (χ0n) is 15.2. The monoisotopic (exact) mass is 367 g/mol. The van der Waals surface area contributed by atoms with E-state index in [0.29, 0.717) is 35.2 Å². The van der Waals surface area contributed by atoms with Gasteiger partial charge in [0.25, 0.3) is 5.91 Å². The Morgan fingerprint density at radius 3 is 2.48 bits per heavy atom. The summed E-state index contributed by atoms with van der Waals surface area (Å²) in [6.45, 7) is 1.17. The lowest BCUT2D eigenvalue weighted by molar-refractivity contribution is -0.857. The molecule has 1 N–H and O–H groups in total. The molecule has 1 atom stereocenters. The van der Waals surface area contributed by atoms with E-state index >= 15 is 0 Å². The molecule has 2 heterocycles.